The van der Waals surface area contributed by atoms with Crippen LogP contribution < -0.4 is 0 Å². The first-order valence-corrected chi connectivity index (χ1v) is 10.5. The molecule has 1 aliphatic rings. The summed E-state index contributed by atoms with van der Waals surface area (Å²) in [7, 11) is 0. The van der Waals surface area contributed by atoms with Gasteiger partial charge in [-0.1, -0.05) is 29.4 Å². The zero-order chi connectivity index (χ0) is 21.3. The second kappa shape index (κ2) is 8.14. The highest BCUT2D eigenvalue weighted by atomic mass is 32.2. The van der Waals surface area contributed by atoms with E-state index < -0.39 is 11.7 Å². The molecule has 9 heteroatoms. The Labute approximate surface area is 175 Å². The summed E-state index contributed by atoms with van der Waals surface area (Å²) in [5.41, 5.74) is 0.725. The van der Waals surface area contributed by atoms with Crippen LogP contribution >= 0.6 is 11.8 Å². The quantitative estimate of drug-likeness (QED) is 0.531. The van der Waals surface area contributed by atoms with E-state index in [1.807, 2.05) is 30.5 Å². The minimum atomic E-state index is -4.40. The van der Waals surface area contributed by atoms with Crippen LogP contribution in [0.3, 0.4) is 0 Å². The summed E-state index contributed by atoms with van der Waals surface area (Å²) in [6.45, 7) is 0.960. The number of nitrogens with zero attached hydrogens (tertiary/aromatic N) is 3. The molecular formula is C21H18F3N3O2S. The average Bonchev–Trinajstić information content (AvgIpc) is 3.35. The average molecular weight is 433 g/mol. The highest BCUT2D eigenvalue weighted by Gasteiger charge is 2.34. The van der Waals surface area contributed by atoms with Gasteiger partial charge in [-0.2, -0.15) is 18.2 Å². The van der Waals surface area contributed by atoms with Crippen molar-refractivity contribution in [1.29, 1.82) is 0 Å². The Hall–Kier alpha value is -2.81. The fourth-order valence-electron chi connectivity index (χ4n) is 3.37. The van der Waals surface area contributed by atoms with Crippen LogP contribution in [-0.2, 0) is 17.5 Å². The Morgan fingerprint density at radius 1 is 1.13 bits per heavy atom. The molecule has 0 radical (unpaired) electrons. The predicted octanol–water partition coefficient (Wildman–Crippen LogP) is 4.99. The lowest BCUT2D eigenvalue weighted by Crippen LogP contribution is -2.24. The molecule has 2 heterocycles. The molecule has 2 aromatic carbocycles. The summed E-state index contributed by atoms with van der Waals surface area (Å²) < 4.78 is 43.4. The molecule has 1 aromatic heterocycles. The van der Waals surface area contributed by atoms with E-state index in [-0.39, 0.29) is 24.1 Å². The van der Waals surface area contributed by atoms with Crippen LogP contribution in [0, 0.1) is 0 Å². The molecule has 1 aliphatic heterocycles. The van der Waals surface area contributed by atoms with Crippen molar-refractivity contribution < 1.29 is 22.5 Å². The Kier molecular flexibility index (Phi) is 5.55. The van der Waals surface area contributed by atoms with Gasteiger partial charge in [-0.15, -0.1) is 11.8 Å². The van der Waals surface area contributed by atoms with Crippen molar-refractivity contribution in [3.63, 3.8) is 0 Å². The normalized spacial score (nSPS) is 17.0. The van der Waals surface area contributed by atoms with E-state index in [0.717, 1.165) is 22.6 Å². The van der Waals surface area contributed by atoms with Crippen LogP contribution in [0.4, 0.5) is 13.2 Å². The van der Waals surface area contributed by atoms with Crippen LogP contribution in [0.5, 0.6) is 0 Å². The first kappa shape index (κ1) is 20.5. The number of halogens is 3. The molecule has 5 nitrogen and oxygen atoms in total. The lowest BCUT2D eigenvalue weighted by molar-refractivity contribution is -0.137. The second-order valence-electron chi connectivity index (χ2n) is 7.05. The molecule has 0 aliphatic carbocycles. The summed E-state index contributed by atoms with van der Waals surface area (Å²) >= 11 is 1.66. The number of carbonyl (C=O) groups excluding carboxylic acids is 1. The fourth-order valence-corrected chi connectivity index (χ4v) is 3.78. The summed E-state index contributed by atoms with van der Waals surface area (Å²) in [4.78, 5) is 19.6. The van der Waals surface area contributed by atoms with E-state index in [1.165, 1.54) is 12.1 Å². The Morgan fingerprint density at radius 3 is 2.47 bits per heavy atom. The Balaban J connectivity index is 1.44. The van der Waals surface area contributed by atoms with E-state index in [4.69, 9.17) is 4.52 Å². The highest BCUT2D eigenvalue weighted by Crippen LogP contribution is 2.32. The van der Waals surface area contributed by atoms with Crippen LogP contribution in [0.1, 0.15) is 29.4 Å². The van der Waals surface area contributed by atoms with Gasteiger partial charge >= 0.3 is 6.18 Å². The lowest BCUT2D eigenvalue weighted by atomic mass is 10.1. The number of likely N-dealkylation sites (tertiary alicyclic amines) is 1. The van der Waals surface area contributed by atoms with Gasteiger partial charge in [-0.3, -0.25) is 4.79 Å². The summed E-state index contributed by atoms with van der Waals surface area (Å²) in [6, 6.07) is 12.6. The smallest absolute Gasteiger partial charge is 0.339 e. The maximum absolute atomic E-state index is 12.7. The molecule has 0 bridgehead atoms. The highest BCUT2D eigenvalue weighted by molar-refractivity contribution is 7.98. The first-order valence-electron chi connectivity index (χ1n) is 9.25. The SMILES string of the molecule is CSc1ccc(CN2CC(c3nc(-c4ccc(C(F)(F)F)cc4)no3)CC2=O)cc1. The number of hydrogen-bond acceptors (Lipinski definition) is 5. The molecule has 0 spiro atoms. The van der Waals surface area contributed by atoms with Gasteiger partial charge in [0, 0.05) is 30.0 Å². The number of rotatable bonds is 5. The molecule has 0 saturated carbocycles. The molecule has 30 heavy (non-hydrogen) atoms. The molecule has 1 atom stereocenters. The minimum Gasteiger partial charge on any atom is -0.339 e. The number of amides is 1. The van der Waals surface area contributed by atoms with Crippen LogP contribution in [0.25, 0.3) is 11.4 Å². The topological polar surface area (TPSA) is 59.2 Å². The van der Waals surface area contributed by atoms with Gasteiger partial charge in [-0.05, 0) is 36.1 Å². The maximum atomic E-state index is 12.7. The molecule has 1 amide bonds. The van der Waals surface area contributed by atoms with E-state index in [9.17, 15) is 18.0 Å². The van der Waals surface area contributed by atoms with Crippen molar-refractivity contribution in [3.05, 3.63) is 65.5 Å². The molecule has 4 rings (SSSR count). The van der Waals surface area contributed by atoms with Crippen molar-refractivity contribution in [1.82, 2.24) is 15.0 Å². The molecule has 3 aromatic rings. The van der Waals surface area contributed by atoms with Gasteiger partial charge in [0.05, 0.1) is 11.5 Å². The van der Waals surface area contributed by atoms with E-state index in [2.05, 4.69) is 10.1 Å². The van der Waals surface area contributed by atoms with Crippen LogP contribution in [0.15, 0.2) is 57.9 Å². The van der Waals surface area contributed by atoms with Crippen molar-refractivity contribution in [3.8, 4) is 11.4 Å². The van der Waals surface area contributed by atoms with E-state index in [0.29, 0.717) is 24.5 Å². The van der Waals surface area contributed by atoms with Gasteiger partial charge in [-0.25, -0.2) is 0 Å². The van der Waals surface area contributed by atoms with Crippen LogP contribution in [0.2, 0.25) is 0 Å². The van der Waals surface area contributed by atoms with Crippen molar-refractivity contribution in [2.75, 3.05) is 12.8 Å². The van der Waals surface area contributed by atoms with Crippen molar-refractivity contribution >= 4 is 17.7 Å². The monoisotopic (exact) mass is 433 g/mol. The standard InChI is InChI=1S/C21H18F3N3O2S/c1-30-17-8-2-13(3-9-17)11-27-12-15(10-18(27)28)20-25-19(26-29-20)14-4-6-16(7-5-14)21(22,23)24/h2-9,15H,10-12H2,1H3. The molecule has 1 fully saturated rings. The molecule has 156 valence electrons. The molecule has 1 unspecified atom stereocenters. The minimum absolute atomic E-state index is 0.00298. The third-order valence-corrected chi connectivity index (χ3v) is 5.75. The predicted molar refractivity (Wildman–Crippen MR) is 106 cm³/mol. The molecular weight excluding hydrogens is 415 g/mol. The summed E-state index contributed by atoms with van der Waals surface area (Å²) in [5.74, 6) is 0.289. The zero-order valence-corrected chi connectivity index (χ0v) is 16.8. The van der Waals surface area contributed by atoms with Gasteiger partial charge < -0.3 is 9.42 Å². The van der Waals surface area contributed by atoms with Gasteiger partial charge in [0.25, 0.3) is 0 Å². The zero-order valence-electron chi connectivity index (χ0n) is 16.0. The van der Waals surface area contributed by atoms with Gasteiger partial charge in [0.2, 0.25) is 17.6 Å². The van der Waals surface area contributed by atoms with Crippen molar-refractivity contribution in [2.45, 2.75) is 30.0 Å². The maximum Gasteiger partial charge on any atom is 0.416 e. The van der Waals surface area contributed by atoms with Crippen molar-refractivity contribution in [2.24, 2.45) is 0 Å². The largest absolute Gasteiger partial charge is 0.416 e. The first-order chi connectivity index (χ1) is 14.3. The number of alkyl halides is 3. The van der Waals surface area contributed by atoms with Crippen LogP contribution in [-0.4, -0.2) is 33.7 Å². The lowest BCUT2D eigenvalue weighted by Gasteiger charge is -2.16. The van der Waals surface area contributed by atoms with E-state index >= 15 is 0 Å². The number of aromatic nitrogens is 2. The molecule has 1 saturated heterocycles. The number of thioether (sulfide) groups is 1. The van der Waals surface area contributed by atoms with Gasteiger partial charge in [0.1, 0.15) is 0 Å². The summed E-state index contributed by atoms with van der Waals surface area (Å²) in [6.07, 6.45) is -2.13. The summed E-state index contributed by atoms with van der Waals surface area (Å²) in [5, 5.41) is 3.88. The fraction of sp³-hybridized carbons (Fsp3) is 0.286. The Morgan fingerprint density at radius 2 is 1.83 bits per heavy atom. The number of hydrogen-bond donors (Lipinski definition) is 0. The second-order valence-corrected chi connectivity index (χ2v) is 7.93. The van der Waals surface area contributed by atoms with E-state index in [1.54, 1.807) is 16.7 Å². The third-order valence-electron chi connectivity index (χ3n) is 5.01. The number of carbonyl (C=O) groups is 1. The Bertz CT molecular complexity index is 1030. The number of benzene rings is 2. The third kappa shape index (κ3) is 4.35. The van der Waals surface area contributed by atoms with Gasteiger partial charge in [0.15, 0.2) is 0 Å². The molecule has 0 N–H and O–H groups in total.